The van der Waals surface area contributed by atoms with Crippen LogP contribution < -0.4 is 4.74 Å². The Kier molecular flexibility index (Phi) is 4.59. The Morgan fingerprint density at radius 1 is 1.17 bits per heavy atom. The van der Waals surface area contributed by atoms with Gasteiger partial charge in [-0.25, -0.2) is 4.98 Å². The van der Waals surface area contributed by atoms with E-state index in [1.807, 2.05) is 32.9 Å². The number of hydrogen-bond donors (Lipinski definition) is 0. The van der Waals surface area contributed by atoms with E-state index in [9.17, 15) is 0 Å². The standard InChI is InChI=1S/C17H21N5O2/c1-11-8-14(17-19-21-22(4)20-17)9-12(2)16(11)23-7-5-6-15-18-10-13(3)24-15/h8-10H,5-7H2,1-4H3. The normalized spacial score (nSPS) is 11.0. The predicted octanol–water partition coefficient (Wildman–Crippen LogP) is 2.80. The van der Waals surface area contributed by atoms with Crippen LogP contribution in [-0.4, -0.2) is 31.8 Å². The first kappa shape index (κ1) is 16.2. The van der Waals surface area contributed by atoms with Crippen molar-refractivity contribution in [3.63, 3.8) is 0 Å². The highest BCUT2D eigenvalue weighted by Gasteiger charge is 2.11. The van der Waals surface area contributed by atoms with Crippen molar-refractivity contribution in [2.24, 2.45) is 7.05 Å². The van der Waals surface area contributed by atoms with Gasteiger partial charge in [0.05, 0.1) is 19.9 Å². The highest BCUT2D eigenvalue weighted by atomic mass is 16.5. The summed E-state index contributed by atoms with van der Waals surface area (Å²) >= 11 is 0. The summed E-state index contributed by atoms with van der Waals surface area (Å²) in [5, 5.41) is 12.2. The number of rotatable bonds is 6. The van der Waals surface area contributed by atoms with Crippen LogP contribution in [0.2, 0.25) is 0 Å². The second-order valence-electron chi connectivity index (χ2n) is 5.86. The van der Waals surface area contributed by atoms with Gasteiger partial charge >= 0.3 is 0 Å². The first-order valence-electron chi connectivity index (χ1n) is 7.92. The van der Waals surface area contributed by atoms with Crippen LogP contribution in [0.15, 0.2) is 22.7 Å². The van der Waals surface area contributed by atoms with Crippen molar-refractivity contribution in [2.45, 2.75) is 33.6 Å². The fourth-order valence-electron chi connectivity index (χ4n) is 2.62. The van der Waals surface area contributed by atoms with Gasteiger partial charge in [0.25, 0.3) is 0 Å². The van der Waals surface area contributed by atoms with Crippen molar-refractivity contribution >= 4 is 0 Å². The molecule has 0 saturated carbocycles. The predicted molar refractivity (Wildman–Crippen MR) is 88.8 cm³/mol. The molecule has 3 rings (SSSR count). The van der Waals surface area contributed by atoms with Gasteiger partial charge in [0.15, 0.2) is 5.89 Å². The molecule has 3 aromatic rings. The average Bonchev–Trinajstić information content (AvgIpc) is 3.14. The summed E-state index contributed by atoms with van der Waals surface area (Å²) in [4.78, 5) is 5.65. The molecule has 0 bridgehead atoms. The van der Waals surface area contributed by atoms with Crippen molar-refractivity contribution in [2.75, 3.05) is 6.61 Å². The topological polar surface area (TPSA) is 78.9 Å². The third-order valence-electron chi connectivity index (χ3n) is 3.68. The smallest absolute Gasteiger partial charge is 0.204 e. The summed E-state index contributed by atoms with van der Waals surface area (Å²) in [6, 6.07) is 4.05. The zero-order chi connectivity index (χ0) is 17.1. The highest BCUT2D eigenvalue weighted by molar-refractivity contribution is 5.60. The van der Waals surface area contributed by atoms with Gasteiger partial charge in [0.2, 0.25) is 5.82 Å². The minimum atomic E-state index is 0.617. The SMILES string of the molecule is Cc1cnc(CCCOc2c(C)cc(-c3nnn(C)n3)cc2C)o1. The van der Waals surface area contributed by atoms with Gasteiger partial charge in [0.1, 0.15) is 11.5 Å². The minimum Gasteiger partial charge on any atom is -0.493 e. The number of hydrogen-bond acceptors (Lipinski definition) is 6. The van der Waals surface area contributed by atoms with Crippen LogP contribution in [0.3, 0.4) is 0 Å². The van der Waals surface area contributed by atoms with Gasteiger partial charge in [-0.15, -0.1) is 10.2 Å². The van der Waals surface area contributed by atoms with E-state index in [-0.39, 0.29) is 0 Å². The second-order valence-corrected chi connectivity index (χ2v) is 5.86. The maximum atomic E-state index is 5.96. The van der Waals surface area contributed by atoms with E-state index in [0.29, 0.717) is 12.4 Å². The second kappa shape index (κ2) is 6.82. The van der Waals surface area contributed by atoms with E-state index in [2.05, 4.69) is 20.4 Å². The van der Waals surface area contributed by atoms with Crippen molar-refractivity contribution in [3.8, 4) is 17.1 Å². The number of benzene rings is 1. The van der Waals surface area contributed by atoms with Gasteiger partial charge in [0, 0.05) is 12.0 Å². The lowest BCUT2D eigenvalue weighted by atomic mass is 10.1. The molecule has 24 heavy (non-hydrogen) atoms. The first-order valence-corrected chi connectivity index (χ1v) is 7.92. The number of tetrazole rings is 1. The van der Waals surface area contributed by atoms with E-state index in [1.165, 1.54) is 4.80 Å². The molecule has 0 unspecified atom stereocenters. The van der Waals surface area contributed by atoms with Crippen LogP contribution in [0.1, 0.15) is 29.2 Å². The van der Waals surface area contributed by atoms with Gasteiger partial charge in [-0.05, 0) is 55.7 Å². The lowest BCUT2D eigenvalue weighted by Gasteiger charge is -2.13. The monoisotopic (exact) mass is 327 g/mol. The molecular weight excluding hydrogens is 306 g/mol. The molecule has 2 aromatic heterocycles. The highest BCUT2D eigenvalue weighted by Crippen LogP contribution is 2.28. The number of aromatic nitrogens is 5. The Bertz CT molecular complexity index is 814. The molecule has 0 saturated heterocycles. The summed E-state index contributed by atoms with van der Waals surface area (Å²) in [6.07, 6.45) is 3.36. The molecule has 2 heterocycles. The van der Waals surface area contributed by atoms with Crippen molar-refractivity contribution in [3.05, 3.63) is 41.1 Å². The largest absolute Gasteiger partial charge is 0.493 e. The zero-order valence-corrected chi connectivity index (χ0v) is 14.4. The Morgan fingerprint density at radius 3 is 2.50 bits per heavy atom. The molecule has 0 aliphatic carbocycles. The Hall–Kier alpha value is -2.70. The minimum absolute atomic E-state index is 0.617. The van der Waals surface area contributed by atoms with Crippen molar-refractivity contribution in [1.82, 2.24) is 25.2 Å². The third kappa shape index (κ3) is 3.61. The molecule has 0 radical (unpaired) electrons. The molecule has 0 N–H and O–H groups in total. The molecule has 0 atom stereocenters. The average molecular weight is 327 g/mol. The molecule has 7 nitrogen and oxygen atoms in total. The number of oxazole rings is 1. The van der Waals surface area contributed by atoms with E-state index in [1.54, 1.807) is 13.2 Å². The molecule has 1 aromatic carbocycles. The van der Waals surface area contributed by atoms with E-state index < -0.39 is 0 Å². The summed E-state index contributed by atoms with van der Waals surface area (Å²) in [7, 11) is 1.75. The first-order chi connectivity index (χ1) is 11.5. The fraction of sp³-hybridized carbons (Fsp3) is 0.412. The Labute approximate surface area is 140 Å². The van der Waals surface area contributed by atoms with Gasteiger partial charge in [-0.2, -0.15) is 4.80 Å². The van der Waals surface area contributed by atoms with Crippen LogP contribution in [-0.2, 0) is 13.5 Å². The molecule has 126 valence electrons. The van der Waals surface area contributed by atoms with Crippen LogP contribution in [0.4, 0.5) is 0 Å². The van der Waals surface area contributed by atoms with Crippen LogP contribution >= 0.6 is 0 Å². The van der Waals surface area contributed by atoms with E-state index in [4.69, 9.17) is 9.15 Å². The summed E-state index contributed by atoms with van der Waals surface area (Å²) in [6.45, 7) is 6.57. The summed E-state index contributed by atoms with van der Waals surface area (Å²) < 4.78 is 11.4. The molecule has 0 aliphatic heterocycles. The van der Waals surface area contributed by atoms with Crippen molar-refractivity contribution < 1.29 is 9.15 Å². The van der Waals surface area contributed by atoms with Crippen molar-refractivity contribution in [1.29, 1.82) is 0 Å². The number of nitrogens with zero attached hydrogens (tertiary/aromatic N) is 5. The number of ether oxygens (including phenoxy) is 1. The van der Waals surface area contributed by atoms with E-state index in [0.717, 1.165) is 46.9 Å². The molecule has 0 spiro atoms. The maximum Gasteiger partial charge on any atom is 0.204 e. The summed E-state index contributed by atoms with van der Waals surface area (Å²) in [5.41, 5.74) is 3.06. The third-order valence-corrected chi connectivity index (χ3v) is 3.68. The fourth-order valence-corrected chi connectivity index (χ4v) is 2.62. The molecule has 0 aliphatic rings. The molecular formula is C17H21N5O2. The zero-order valence-electron chi connectivity index (χ0n) is 14.4. The Balaban J connectivity index is 1.63. The Morgan fingerprint density at radius 2 is 1.92 bits per heavy atom. The van der Waals surface area contributed by atoms with Gasteiger partial charge < -0.3 is 9.15 Å². The van der Waals surface area contributed by atoms with Crippen LogP contribution in [0.25, 0.3) is 11.4 Å². The van der Waals surface area contributed by atoms with Crippen LogP contribution in [0.5, 0.6) is 5.75 Å². The van der Waals surface area contributed by atoms with E-state index >= 15 is 0 Å². The van der Waals surface area contributed by atoms with Crippen LogP contribution in [0, 0.1) is 20.8 Å². The van der Waals surface area contributed by atoms with Gasteiger partial charge in [-0.3, -0.25) is 0 Å². The lowest BCUT2D eigenvalue weighted by Crippen LogP contribution is -2.03. The molecule has 7 heteroatoms. The quantitative estimate of drug-likeness (QED) is 0.648. The van der Waals surface area contributed by atoms with Gasteiger partial charge in [-0.1, -0.05) is 0 Å². The number of aryl methyl sites for hydroxylation is 5. The lowest BCUT2D eigenvalue weighted by molar-refractivity contribution is 0.300. The molecule has 0 fully saturated rings. The maximum absolute atomic E-state index is 5.96. The molecule has 0 amide bonds. The summed E-state index contributed by atoms with van der Waals surface area (Å²) in [5.74, 6) is 3.13.